The molecular formula is C23H26N2O5S. The number of amides is 1. The lowest BCUT2D eigenvalue weighted by Crippen LogP contribution is -2.40. The van der Waals surface area contributed by atoms with Crippen LogP contribution in [0.2, 0.25) is 0 Å². The molecule has 1 unspecified atom stereocenters. The zero-order valence-corrected chi connectivity index (χ0v) is 18.9. The number of ether oxygens (including phenoxy) is 3. The molecular weight excluding hydrogens is 416 g/mol. The Balaban J connectivity index is 1.77. The van der Waals surface area contributed by atoms with Gasteiger partial charge in [-0.25, -0.2) is 4.99 Å². The molecule has 7 nitrogen and oxygen atoms in total. The van der Waals surface area contributed by atoms with Gasteiger partial charge in [-0.05, 0) is 51.1 Å². The predicted octanol–water partition coefficient (Wildman–Crippen LogP) is 4.33. The van der Waals surface area contributed by atoms with Gasteiger partial charge in [0.2, 0.25) is 0 Å². The highest BCUT2D eigenvalue weighted by Gasteiger charge is 2.32. The number of thioether (sulfide) groups is 1. The molecule has 8 heteroatoms. The third-order valence-electron chi connectivity index (χ3n) is 4.67. The van der Waals surface area contributed by atoms with E-state index < -0.39 is 0 Å². The highest BCUT2D eigenvalue weighted by atomic mass is 32.2. The van der Waals surface area contributed by atoms with Crippen molar-refractivity contribution in [2.75, 3.05) is 26.1 Å². The van der Waals surface area contributed by atoms with Gasteiger partial charge in [-0.2, -0.15) is 0 Å². The highest BCUT2D eigenvalue weighted by molar-refractivity contribution is 8.14. The van der Waals surface area contributed by atoms with Crippen molar-refractivity contribution in [1.82, 2.24) is 4.90 Å². The highest BCUT2D eigenvalue weighted by Crippen LogP contribution is 2.33. The molecule has 1 heterocycles. The van der Waals surface area contributed by atoms with Crippen molar-refractivity contribution < 1.29 is 23.8 Å². The summed E-state index contributed by atoms with van der Waals surface area (Å²) in [5, 5.41) is 0.618. The summed E-state index contributed by atoms with van der Waals surface area (Å²) in [7, 11) is 1.49. The third-order valence-corrected chi connectivity index (χ3v) is 5.87. The lowest BCUT2D eigenvalue weighted by atomic mass is 10.1. The van der Waals surface area contributed by atoms with E-state index in [1.165, 1.54) is 25.8 Å². The summed E-state index contributed by atoms with van der Waals surface area (Å²) in [4.78, 5) is 30.9. The van der Waals surface area contributed by atoms with Crippen molar-refractivity contribution in [3.63, 3.8) is 0 Å². The average Bonchev–Trinajstić information content (AvgIpc) is 3.13. The number of ketones is 1. The average molecular weight is 443 g/mol. The first-order chi connectivity index (χ1) is 14.9. The molecule has 164 valence electrons. The van der Waals surface area contributed by atoms with Crippen LogP contribution in [0.25, 0.3) is 0 Å². The van der Waals surface area contributed by atoms with Gasteiger partial charge in [-0.15, -0.1) is 0 Å². The maximum atomic E-state index is 13.0. The molecule has 1 aliphatic heterocycles. The second-order valence-corrected chi connectivity index (χ2v) is 7.92. The van der Waals surface area contributed by atoms with Crippen LogP contribution in [0.4, 0.5) is 5.69 Å². The van der Waals surface area contributed by atoms with Crippen molar-refractivity contribution in [2.24, 2.45) is 4.99 Å². The Kier molecular flexibility index (Phi) is 7.57. The molecule has 0 radical (unpaired) electrons. The Hall–Kier alpha value is -3.00. The van der Waals surface area contributed by atoms with Crippen molar-refractivity contribution >= 4 is 34.3 Å². The number of nitrogens with zero attached hydrogens (tertiary/aromatic N) is 2. The minimum Gasteiger partial charge on any atom is -0.493 e. The summed E-state index contributed by atoms with van der Waals surface area (Å²) in [5.41, 5.74) is 1.20. The van der Waals surface area contributed by atoms with Crippen molar-refractivity contribution in [3.8, 4) is 17.2 Å². The van der Waals surface area contributed by atoms with E-state index in [-0.39, 0.29) is 24.3 Å². The molecule has 0 aliphatic carbocycles. The van der Waals surface area contributed by atoms with Crippen LogP contribution in [0.5, 0.6) is 17.2 Å². The van der Waals surface area contributed by atoms with Gasteiger partial charge < -0.3 is 14.2 Å². The fourth-order valence-corrected chi connectivity index (χ4v) is 4.23. The number of benzene rings is 2. The Morgan fingerprint density at radius 3 is 2.61 bits per heavy atom. The minimum atomic E-state index is -0.206. The minimum absolute atomic E-state index is 0.0129. The molecule has 1 fully saturated rings. The number of rotatable bonds is 8. The normalized spacial score (nSPS) is 17.0. The Bertz CT molecular complexity index is 992. The van der Waals surface area contributed by atoms with Gasteiger partial charge in [0.25, 0.3) is 5.91 Å². The van der Waals surface area contributed by atoms with Gasteiger partial charge in [0.05, 0.1) is 13.7 Å². The first-order valence-corrected chi connectivity index (χ1v) is 11.0. The van der Waals surface area contributed by atoms with E-state index in [4.69, 9.17) is 19.2 Å². The molecule has 2 aromatic rings. The summed E-state index contributed by atoms with van der Waals surface area (Å²) in [6.45, 7) is 5.74. The number of aliphatic imine (C=N–C) groups is 1. The van der Waals surface area contributed by atoms with Crippen molar-refractivity contribution in [3.05, 3.63) is 48.0 Å². The SMILES string of the molecule is CCOc1ccccc1N=C1SCC(C)N1C(=O)COc1ccc(C(C)=O)cc1OC. The second kappa shape index (κ2) is 10.3. The number of Topliss-reactive ketones (excluding diaryl/α,β-unsaturated/α-hetero) is 1. The van der Waals surface area contributed by atoms with Gasteiger partial charge in [-0.1, -0.05) is 23.9 Å². The van der Waals surface area contributed by atoms with Crippen LogP contribution in [-0.2, 0) is 4.79 Å². The van der Waals surface area contributed by atoms with Crippen LogP contribution >= 0.6 is 11.8 Å². The van der Waals surface area contributed by atoms with E-state index in [9.17, 15) is 9.59 Å². The number of para-hydroxylation sites is 2. The number of hydrogen-bond donors (Lipinski definition) is 0. The molecule has 2 aromatic carbocycles. The van der Waals surface area contributed by atoms with Crippen LogP contribution in [0.1, 0.15) is 31.1 Å². The fraction of sp³-hybridized carbons (Fsp3) is 0.348. The number of hydrogen-bond acceptors (Lipinski definition) is 7. The van der Waals surface area contributed by atoms with Gasteiger partial charge in [-0.3, -0.25) is 14.5 Å². The van der Waals surface area contributed by atoms with E-state index in [0.29, 0.717) is 40.3 Å². The number of amidine groups is 1. The van der Waals surface area contributed by atoms with Crippen molar-refractivity contribution in [2.45, 2.75) is 26.8 Å². The smallest absolute Gasteiger partial charge is 0.266 e. The molecule has 0 N–H and O–H groups in total. The molecule has 0 aromatic heterocycles. The number of carbonyl (C=O) groups is 2. The van der Waals surface area contributed by atoms with Crippen LogP contribution in [0.3, 0.4) is 0 Å². The van der Waals surface area contributed by atoms with Gasteiger partial charge in [0, 0.05) is 17.4 Å². The van der Waals surface area contributed by atoms with Crippen LogP contribution in [0, 0.1) is 0 Å². The predicted molar refractivity (Wildman–Crippen MR) is 122 cm³/mol. The Morgan fingerprint density at radius 2 is 1.90 bits per heavy atom. The van der Waals surface area contributed by atoms with E-state index in [1.54, 1.807) is 23.1 Å². The summed E-state index contributed by atoms with van der Waals surface area (Å²) in [5.74, 6) is 1.96. The van der Waals surface area contributed by atoms with Crippen LogP contribution in [-0.4, -0.2) is 53.9 Å². The van der Waals surface area contributed by atoms with Gasteiger partial charge in [0.15, 0.2) is 29.1 Å². The van der Waals surface area contributed by atoms with Crippen LogP contribution < -0.4 is 14.2 Å². The quantitative estimate of drug-likeness (QED) is 0.567. The zero-order chi connectivity index (χ0) is 22.4. The zero-order valence-electron chi connectivity index (χ0n) is 18.1. The lowest BCUT2D eigenvalue weighted by Gasteiger charge is -2.21. The molecule has 0 spiro atoms. The maximum Gasteiger partial charge on any atom is 0.266 e. The largest absolute Gasteiger partial charge is 0.493 e. The monoisotopic (exact) mass is 442 g/mol. The fourth-order valence-electron chi connectivity index (χ4n) is 3.11. The summed E-state index contributed by atoms with van der Waals surface area (Å²) in [6.07, 6.45) is 0. The topological polar surface area (TPSA) is 77.4 Å². The van der Waals surface area contributed by atoms with Gasteiger partial charge >= 0.3 is 0 Å². The van der Waals surface area contributed by atoms with Crippen molar-refractivity contribution in [1.29, 1.82) is 0 Å². The van der Waals surface area contributed by atoms with Gasteiger partial charge in [0.1, 0.15) is 11.4 Å². The standard InChI is InChI=1S/C23H26N2O5S/c1-5-29-19-9-7-6-8-18(19)24-23-25(15(2)14-31-23)22(27)13-30-20-11-10-17(16(3)26)12-21(20)28-4/h6-12,15H,5,13-14H2,1-4H3. The van der Waals surface area contributed by atoms with E-state index in [1.807, 2.05) is 38.1 Å². The Morgan fingerprint density at radius 1 is 1.13 bits per heavy atom. The Labute approximate surface area is 186 Å². The summed E-state index contributed by atoms with van der Waals surface area (Å²) < 4.78 is 16.7. The molecule has 0 saturated carbocycles. The number of carbonyl (C=O) groups excluding carboxylic acids is 2. The molecule has 1 atom stereocenters. The molecule has 0 bridgehead atoms. The first-order valence-electron chi connectivity index (χ1n) is 10.0. The second-order valence-electron chi connectivity index (χ2n) is 6.93. The lowest BCUT2D eigenvalue weighted by molar-refractivity contribution is -0.130. The maximum absolute atomic E-state index is 13.0. The van der Waals surface area contributed by atoms with E-state index in [0.717, 1.165) is 5.75 Å². The van der Waals surface area contributed by atoms with E-state index >= 15 is 0 Å². The molecule has 31 heavy (non-hydrogen) atoms. The molecule has 1 saturated heterocycles. The molecule has 1 amide bonds. The summed E-state index contributed by atoms with van der Waals surface area (Å²) >= 11 is 1.52. The molecule has 1 aliphatic rings. The third kappa shape index (κ3) is 5.38. The molecule has 3 rings (SSSR count). The first kappa shape index (κ1) is 22.7. The van der Waals surface area contributed by atoms with Crippen LogP contribution in [0.15, 0.2) is 47.5 Å². The number of methoxy groups -OCH3 is 1. The van der Waals surface area contributed by atoms with E-state index in [2.05, 4.69) is 0 Å². The summed E-state index contributed by atoms with van der Waals surface area (Å²) in [6, 6.07) is 12.4.